The van der Waals surface area contributed by atoms with Crippen LogP contribution in [0.3, 0.4) is 0 Å². The fourth-order valence-corrected chi connectivity index (χ4v) is 2.36. The first-order valence-electron chi connectivity index (χ1n) is 7.48. The summed E-state index contributed by atoms with van der Waals surface area (Å²) in [5.41, 5.74) is 0.334. The van der Waals surface area contributed by atoms with Crippen molar-refractivity contribution in [1.82, 2.24) is 4.98 Å². The third kappa shape index (κ3) is 3.67. The smallest absolute Gasteiger partial charge is 0.227 e. The number of aliphatic hydroxyl groups is 1. The van der Waals surface area contributed by atoms with E-state index in [4.69, 9.17) is 4.42 Å². The average molecular weight is 342 g/mol. The highest BCUT2D eigenvalue weighted by Gasteiger charge is 2.24. The number of nitrogens with one attached hydrogen (secondary N) is 1. The maximum absolute atomic E-state index is 13.1. The molecule has 3 N–H and O–H groups in total. The van der Waals surface area contributed by atoms with E-state index in [1.807, 2.05) is 0 Å². The Kier molecular flexibility index (Phi) is 4.76. The normalized spacial score (nSPS) is 11.9. The standard InChI is InChI=1S/C18H15FN2O4/c19-11-4-6-12(7-5-11)21-16(14-3-1-2-8-20-14)18-17(24)15(23)9-13(10-22)25-18/h1-9,16,21-22,24H,10H2/t16-/m0/s1. The number of pyridine rings is 1. The second-order valence-electron chi connectivity index (χ2n) is 5.29. The molecule has 3 rings (SSSR count). The van der Waals surface area contributed by atoms with Crippen molar-refractivity contribution in [1.29, 1.82) is 0 Å². The number of hydrogen-bond acceptors (Lipinski definition) is 6. The maximum Gasteiger partial charge on any atom is 0.227 e. The zero-order valence-electron chi connectivity index (χ0n) is 13.0. The molecule has 3 aromatic rings. The van der Waals surface area contributed by atoms with Gasteiger partial charge >= 0.3 is 0 Å². The minimum atomic E-state index is -0.814. The first-order valence-corrected chi connectivity index (χ1v) is 7.48. The van der Waals surface area contributed by atoms with Gasteiger partial charge in [-0.15, -0.1) is 0 Å². The lowest BCUT2D eigenvalue weighted by Gasteiger charge is -2.20. The van der Waals surface area contributed by atoms with E-state index in [2.05, 4.69) is 10.3 Å². The molecule has 2 heterocycles. The quantitative estimate of drug-likeness (QED) is 0.660. The Bertz CT molecular complexity index is 911. The molecule has 0 unspecified atom stereocenters. The van der Waals surface area contributed by atoms with Gasteiger partial charge in [0, 0.05) is 18.0 Å². The molecule has 0 aliphatic heterocycles. The Labute approximate surface area is 142 Å². The predicted molar refractivity (Wildman–Crippen MR) is 88.7 cm³/mol. The minimum absolute atomic E-state index is 0.0136. The van der Waals surface area contributed by atoms with Crippen molar-refractivity contribution in [2.24, 2.45) is 0 Å². The Morgan fingerprint density at radius 3 is 2.60 bits per heavy atom. The number of nitrogens with zero attached hydrogens (tertiary/aromatic N) is 1. The molecule has 7 heteroatoms. The lowest BCUT2D eigenvalue weighted by molar-refractivity contribution is 0.234. The van der Waals surface area contributed by atoms with Crippen LogP contribution in [-0.4, -0.2) is 15.2 Å². The van der Waals surface area contributed by atoms with E-state index in [0.29, 0.717) is 11.4 Å². The molecule has 0 aliphatic carbocycles. The number of aromatic hydroxyl groups is 1. The van der Waals surface area contributed by atoms with Crippen molar-refractivity contribution < 1.29 is 19.0 Å². The number of hydrogen-bond donors (Lipinski definition) is 3. The zero-order valence-corrected chi connectivity index (χ0v) is 13.0. The van der Waals surface area contributed by atoms with Gasteiger partial charge in [-0.3, -0.25) is 9.78 Å². The molecule has 0 bridgehead atoms. The van der Waals surface area contributed by atoms with Gasteiger partial charge in [0.15, 0.2) is 5.76 Å². The van der Waals surface area contributed by atoms with Crippen LogP contribution in [0.4, 0.5) is 10.1 Å². The van der Waals surface area contributed by atoms with Crippen molar-refractivity contribution in [2.75, 3.05) is 5.32 Å². The number of aromatic nitrogens is 1. The molecule has 0 fully saturated rings. The maximum atomic E-state index is 13.1. The summed E-state index contributed by atoms with van der Waals surface area (Å²) in [4.78, 5) is 16.2. The topological polar surface area (TPSA) is 95.6 Å². The van der Waals surface area contributed by atoms with Gasteiger partial charge in [0.2, 0.25) is 11.2 Å². The molecular weight excluding hydrogens is 327 g/mol. The van der Waals surface area contributed by atoms with Gasteiger partial charge in [0.1, 0.15) is 24.2 Å². The predicted octanol–water partition coefficient (Wildman–Crippen LogP) is 2.57. The summed E-state index contributed by atoms with van der Waals surface area (Å²) >= 11 is 0. The third-order valence-electron chi connectivity index (χ3n) is 3.56. The van der Waals surface area contributed by atoms with Crippen molar-refractivity contribution in [3.05, 3.63) is 88.0 Å². The van der Waals surface area contributed by atoms with Crippen molar-refractivity contribution in [3.8, 4) is 5.75 Å². The van der Waals surface area contributed by atoms with Crippen molar-refractivity contribution in [2.45, 2.75) is 12.6 Å². The summed E-state index contributed by atoms with van der Waals surface area (Å²) in [6.45, 7) is -0.492. The van der Waals surface area contributed by atoms with E-state index in [0.717, 1.165) is 6.07 Å². The van der Waals surface area contributed by atoms with Crippen LogP contribution in [0, 0.1) is 5.82 Å². The lowest BCUT2D eigenvalue weighted by atomic mass is 10.1. The number of benzene rings is 1. The molecule has 1 atom stereocenters. The van der Waals surface area contributed by atoms with Gasteiger partial charge in [0.25, 0.3) is 0 Å². The van der Waals surface area contributed by atoms with Crippen LogP contribution in [0.1, 0.15) is 23.3 Å². The van der Waals surface area contributed by atoms with Crippen LogP contribution in [0.25, 0.3) is 0 Å². The number of halogens is 1. The highest BCUT2D eigenvalue weighted by molar-refractivity contribution is 5.48. The van der Waals surface area contributed by atoms with Gasteiger partial charge in [-0.1, -0.05) is 6.07 Å². The summed E-state index contributed by atoms with van der Waals surface area (Å²) in [5.74, 6) is -1.04. The van der Waals surface area contributed by atoms with E-state index in [9.17, 15) is 19.4 Å². The summed E-state index contributed by atoms with van der Waals surface area (Å²) < 4.78 is 18.6. The molecule has 2 aromatic heterocycles. The summed E-state index contributed by atoms with van der Waals surface area (Å²) in [6.07, 6.45) is 1.56. The minimum Gasteiger partial charge on any atom is -0.502 e. The molecule has 6 nitrogen and oxygen atoms in total. The van der Waals surface area contributed by atoms with Crippen LogP contribution >= 0.6 is 0 Å². The van der Waals surface area contributed by atoms with Gasteiger partial charge in [-0.2, -0.15) is 0 Å². The fourth-order valence-electron chi connectivity index (χ4n) is 2.36. The average Bonchev–Trinajstić information content (AvgIpc) is 2.64. The summed E-state index contributed by atoms with van der Waals surface area (Å²) in [6, 6.07) is 10.9. The summed E-state index contributed by atoms with van der Waals surface area (Å²) in [5, 5.41) is 22.5. The zero-order chi connectivity index (χ0) is 17.8. The summed E-state index contributed by atoms with van der Waals surface area (Å²) in [7, 11) is 0. The van der Waals surface area contributed by atoms with Gasteiger partial charge < -0.3 is 19.9 Å². The van der Waals surface area contributed by atoms with Crippen LogP contribution < -0.4 is 10.7 Å². The molecule has 1 aromatic carbocycles. The van der Waals surface area contributed by atoms with Crippen LogP contribution in [0.2, 0.25) is 0 Å². The Hall–Kier alpha value is -3.19. The second kappa shape index (κ2) is 7.14. The van der Waals surface area contributed by atoms with Gasteiger partial charge in [0.05, 0.1) is 5.69 Å². The molecular formula is C18H15FN2O4. The molecule has 128 valence electrons. The molecule has 25 heavy (non-hydrogen) atoms. The molecule has 0 amide bonds. The largest absolute Gasteiger partial charge is 0.502 e. The van der Waals surface area contributed by atoms with Crippen molar-refractivity contribution >= 4 is 5.69 Å². The monoisotopic (exact) mass is 342 g/mol. The molecule has 0 saturated carbocycles. The highest BCUT2D eigenvalue weighted by Crippen LogP contribution is 2.30. The fraction of sp³-hybridized carbons (Fsp3) is 0.111. The SMILES string of the molecule is O=c1cc(CO)oc([C@@H](Nc2ccc(F)cc2)c2ccccn2)c1O. The highest BCUT2D eigenvalue weighted by atomic mass is 19.1. The third-order valence-corrected chi connectivity index (χ3v) is 3.56. The van der Waals surface area contributed by atoms with Gasteiger partial charge in [-0.25, -0.2) is 4.39 Å². The molecule has 0 spiro atoms. The van der Waals surface area contributed by atoms with E-state index in [1.54, 1.807) is 24.4 Å². The Balaban J connectivity index is 2.10. The number of anilines is 1. The van der Waals surface area contributed by atoms with Crippen molar-refractivity contribution in [3.63, 3.8) is 0 Å². The second-order valence-corrected chi connectivity index (χ2v) is 5.29. The Morgan fingerprint density at radius 2 is 1.96 bits per heavy atom. The van der Waals surface area contributed by atoms with E-state index in [-0.39, 0.29) is 11.5 Å². The van der Waals surface area contributed by atoms with E-state index in [1.165, 1.54) is 24.3 Å². The molecule has 0 saturated heterocycles. The Morgan fingerprint density at radius 1 is 1.20 bits per heavy atom. The number of aliphatic hydroxyl groups excluding tert-OH is 1. The lowest BCUT2D eigenvalue weighted by Crippen LogP contribution is -2.17. The molecule has 0 radical (unpaired) electrons. The van der Waals surface area contributed by atoms with E-state index >= 15 is 0 Å². The van der Waals surface area contributed by atoms with Crippen LogP contribution in [-0.2, 0) is 6.61 Å². The van der Waals surface area contributed by atoms with E-state index < -0.39 is 29.6 Å². The van der Waals surface area contributed by atoms with Crippen LogP contribution in [0.5, 0.6) is 5.75 Å². The van der Waals surface area contributed by atoms with Gasteiger partial charge in [-0.05, 0) is 36.4 Å². The number of rotatable bonds is 5. The first kappa shape index (κ1) is 16.7. The first-order chi connectivity index (χ1) is 12.1. The molecule has 0 aliphatic rings. The van der Waals surface area contributed by atoms with Crippen LogP contribution in [0.15, 0.2) is 63.9 Å².